The standard InChI is InChI=1S/C10H12OS3/c1-7-8(2-3-13-7)10(11)9-6-12-4-5-14-9/h2-3,9H,4-6H2,1H3. The first-order valence-corrected chi connectivity index (χ1v) is 7.65. The van der Waals surface area contributed by atoms with E-state index >= 15 is 0 Å². The predicted octanol–water partition coefficient (Wildman–Crippen LogP) is 3.09. The maximum absolute atomic E-state index is 12.1. The van der Waals surface area contributed by atoms with E-state index in [2.05, 4.69) is 0 Å². The van der Waals surface area contributed by atoms with Crippen LogP contribution in [0.2, 0.25) is 0 Å². The number of carbonyl (C=O) groups is 1. The van der Waals surface area contributed by atoms with Crippen LogP contribution in [0.1, 0.15) is 15.2 Å². The summed E-state index contributed by atoms with van der Waals surface area (Å²) >= 11 is 5.37. The number of hydrogen-bond donors (Lipinski definition) is 0. The smallest absolute Gasteiger partial charge is 0.177 e. The molecule has 0 amide bonds. The van der Waals surface area contributed by atoms with Crippen LogP contribution in [0, 0.1) is 6.92 Å². The van der Waals surface area contributed by atoms with E-state index in [-0.39, 0.29) is 5.25 Å². The maximum Gasteiger partial charge on any atom is 0.177 e. The van der Waals surface area contributed by atoms with E-state index in [1.807, 2.05) is 41.9 Å². The van der Waals surface area contributed by atoms with Crippen LogP contribution >= 0.6 is 34.9 Å². The minimum atomic E-state index is 0.196. The predicted molar refractivity (Wildman–Crippen MR) is 67.0 cm³/mol. The van der Waals surface area contributed by atoms with Gasteiger partial charge >= 0.3 is 0 Å². The lowest BCUT2D eigenvalue weighted by Crippen LogP contribution is -2.24. The maximum atomic E-state index is 12.1. The Bertz CT molecular complexity index is 326. The Morgan fingerprint density at radius 3 is 2.93 bits per heavy atom. The first-order valence-electron chi connectivity index (χ1n) is 4.56. The van der Waals surface area contributed by atoms with Crippen molar-refractivity contribution in [2.24, 2.45) is 0 Å². The minimum Gasteiger partial charge on any atom is -0.293 e. The zero-order valence-corrected chi connectivity index (χ0v) is 10.4. The Morgan fingerprint density at radius 2 is 2.36 bits per heavy atom. The average Bonchev–Trinajstić information content (AvgIpc) is 2.65. The lowest BCUT2D eigenvalue weighted by Gasteiger charge is -2.19. The number of thiophene rings is 1. The molecule has 1 atom stereocenters. The van der Waals surface area contributed by atoms with Crippen molar-refractivity contribution in [3.63, 3.8) is 0 Å². The second-order valence-corrected chi connectivity index (χ2v) is 6.77. The van der Waals surface area contributed by atoms with Crippen LogP contribution in [-0.2, 0) is 0 Å². The summed E-state index contributed by atoms with van der Waals surface area (Å²) in [6.45, 7) is 2.03. The Labute approximate surface area is 96.7 Å². The zero-order valence-electron chi connectivity index (χ0n) is 7.99. The molecule has 0 saturated carbocycles. The van der Waals surface area contributed by atoms with Gasteiger partial charge in [-0.3, -0.25) is 4.79 Å². The quantitative estimate of drug-likeness (QED) is 0.744. The van der Waals surface area contributed by atoms with Crippen LogP contribution in [-0.4, -0.2) is 28.3 Å². The number of rotatable bonds is 2. The molecule has 0 radical (unpaired) electrons. The molecule has 0 bridgehead atoms. The highest BCUT2D eigenvalue weighted by Gasteiger charge is 2.24. The summed E-state index contributed by atoms with van der Waals surface area (Å²) in [5.41, 5.74) is 0.940. The first kappa shape index (κ1) is 10.6. The molecule has 1 unspecified atom stereocenters. The van der Waals surface area contributed by atoms with Gasteiger partial charge in [-0.2, -0.15) is 11.8 Å². The minimum absolute atomic E-state index is 0.196. The Balaban J connectivity index is 2.11. The van der Waals surface area contributed by atoms with Crippen molar-refractivity contribution >= 4 is 40.6 Å². The summed E-state index contributed by atoms with van der Waals surface area (Å²) in [7, 11) is 0. The molecule has 76 valence electrons. The van der Waals surface area contributed by atoms with Crippen LogP contribution in [0.4, 0.5) is 0 Å². The summed E-state index contributed by atoms with van der Waals surface area (Å²) < 4.78 is 0. The Kier molecular flexibility index (Phi) is 3.57. The van der Waals surface area contributed by atoms with Gasteiger partial charge in [0.2, 0.25) is 0 Å². The normalized spacial score (nSPS) is 22.2. The van der Waals surface area contributed by atoms with Gasteiger partial charge in [-0.15, -0.1) is 23.1 Å². The molecule has 1 aromatic rings. The fraction of sp³-hybridized carbons (Fsp3) is 0.500. The molecule has 0 aliphatic carbocycles. The van der Waals surface area contributed by atoms with Gasteiger partial charge in [0, 0.05) is 27.7 Å². The monoisotopic (exact) mass is 244 g/mol. The third-order valence-corrected chi connectivity index (χ3v) is 5.83. The van der Waals surface area contributed by atoms with Gasteiger partial charge in [-0.05, 0) is 18.4 Å². The molecule has 4 heteroatoms. The second-order valence-electron chi connectivity index (χ2n) is 3.19. The highest BCUT2D eigenvalue weighted by Crippen LogP contribution is 2.28. The van der Waals surface area contributed by atoms with Crippen LogP contribution in [0.3, 0.4) is 0 Å². The fourth-order valence-corrected chi connectivity index (χ4v) is 4.78. The molecule has 2 heterocycles. The number of aryl methyl sites for hydroxylation is 1. The molecule has 1 fully saturated rings. The SMILES string of the molecule is Cc1sccc1C(=O)C1CSCCS1. The molecule has 14 heavy (non-hydrogen) atoms. The van der Waals surface area contributed by atoms with Gasteiger partial charge in [0.25, 0.3) is 0 Å². The Hall–Kier alpha value is 0.0700. The number of ketones is 1. The summed E-state index contributed by atoms with van der Waals surface area (Å²) in [4.78, 5) is 13.2. The lowest BCUT2D eigenvalue weighted by atomic mass is 10.1. The van der Waals surface area contributed by atoms with Crippen molar-refractivity contribution in [3.8, 4) is 0 Å². The van der Waals surface area contributed by atoms with E-state index in [0.717, 1.165) is 21.9 Å². The molecular formula is C10H12OS3. The largest absolute Gasteiger partial charge is 0.293 e. The zero-order chi connectivity index (χ0) is 9.97. The highest BCUT2D eigenvalue weighted by atomic mass is 32.2. The van der Waals surface area contributed by atoms with E-state index in [4.69, 9.17) is 0 Å². The van der Waals surface area contributed by atoms with Crippen molar-refractivity contribution in [1.82, 2.24) is 0 Å². The number of carbonyl (C=O) groups excluding carboxylic acids is 1. The molecular weight excluding hydrogens is 232 g/mol. The molecule has 1 saturated heterocycles. The van der Waals surface area contributed by atoms with Gasteiger partial charge in [0.05, 0.1) is 5.25 Å². The van der Waals surface area contributed by atoms with E-state index in [1.54, 1.807) is 11.3 Å². The molecule has 0 spiro atoms. The van der Waals surface area contributed by atoms with Gasteiger partial charge in [-0.25, -0.2) is 0 Å². The van der Waals surface area contributed by atoms with Crippen molar-refractivity contribution in [1.29, 1.82) is 0 Å². The summed E-state index contributed by atoms with van der Waals surface area (Å²) in [6, 6.07) is 1.96. The molecule has 0 aromatic carbocycles. The van der Waals surface area contributed by atoms with E-state index in [1.165, 1.54) is 5.75 Å². The number of thioether (sulfide) groups is 2. The molecule has 2 rings (SSSR count). The van der Waals surface area contributed by atoms with Crippen molar-refractivity contribution in [3.05, 3.63) is 21.9 Å². The molecule has 1 nitrogen and oxygen atoms in total. The highest BCUT2D eigenvalue weighted by molar-refractivity contribution is 8.07. The van der Waals surface area contributed by atoms with E-state index in [0.29, 0.717) is 5.78 Å². The Morgan fingerprint density at radius 1 is 1.50 bits per heavy atom. The van der Waals surface area contributed by atoms with Crippen molar-refractivity contribution < 1.29 is 4.79 Å². The van der Waals surface area contributed by atoms with Gasteiger partial charge in [0.15, 0.2) is 5.78 Å². The molecule has 1 aliphatic heterocycles. The number of Topliss-reactive ketones (excluding diaryl/α,β-unsaturated/α-hetero) is 1. The van der Waals surface area contributed by atoms with Crippen molar-refractivity contribution in [2.45, 2.75) is 12.2 Å². The van der Waals surface area contributed by atoms with Crippen LogP contribution < -0.4 is 0 Å². The topological polar surface area (TPSA) is 17.1 Å². The summed E-state index contributed by atoms with van der Waals surface area (Å²) in [6.07, 6.45) is 0. The average molecular weight is 244 g/mol. The second kappa shape index (κ2) is 4.73. The molecule has 1 aliphatic rings. The van der Waals surface area contributed by atoms with Crippen LogP contribution in [0.15, 0.2) is 11.4 Å². The van der Waals surface area contributed by atoms with Gasteiger partial charge in [0.1, 0.15) is 0 Å². The number of hydrogen-bond acceptors (Lipinski definition) is 4. The van der Waals surface area contributed by atoms with E-state index < -0.39 is 0 Å². The van der Waals surface area contributed by atoms with E-state index in [9.17, 15) is 4.79 Å². The van der Waals surface area contributed by atoms with Gasteiger partial charge < -0.3 is 0 Å². The molecule has 0 N–H and O–H groups in total. The first-order chi connectivity index (χ1) is 6.79. The molecule has 1 aromatic heterocycles. The fourth-order valence-electron chi connectivity index (χ4n) is 1.45. The third kappa shape index (κ3) is 2.18. The summed E-state index contributed by atoms with van der Waals surface area (Å²) in [5, 5.41) is 2.20. The van der Waals surface area contributed by atoms with Crippen molar-refractivity contribution in [2.75, 3.05) is 17.3 Å². The van der Waals surface area contributed by atoms with Crippen LogP contribution in [0.25, 0.3) is 0 Å². The third-order valence-electron chi connectivity index (χ3n) is 2.23. The summed E-state index contributed by atoms with van der Waals surface area (Å²) in [5.74, 6) is 3.63. The lowest BCUT2D eigenvalue weighted by molar-refractivity contribution is 0.0995. The van der Waals surface area contributed by atoms with Crippen LogP contribution in [0.5, 0.6) is 0 Å². The van der Waals surface area contributed by atoms with Gasteiger partial charge in [-0.1, -0.05) is 0 Å².